The van der Waals surface area contributed by atoms with Gasteiger partial charge in [-0.05, 0) is 38.6 Å². The van der Waals surface area contributed by atoms with Crippen molar-refractivity contribution in [2.45, 2.75) is 51.2 Å². The molecule has 0 aromatic carbocycles. The maximum atomic E-state index is 11.8. The van der Waals surface area contributed by atoms with Crippen LogP contribution in [0.2, 0.25) is 0 Å². The molecule has 0 aromatic rings. The number of amides is 1. The van der Waals surface area contributed by atoms with Crippen LogP contribution in [0, 0.1) is 0 Å². The van der Waals surface area contributed by atoms with E-state index >= 15 is 0 Å². The molecule has 7 heteroatoms. The molecule has 0 aromatic heterocycles. The maximum Gasteiger partial charge on any atom is 0.243 e. The van der Waals surface area contributed by atoms with Crippen LogP contribution in [-0.2, 0) is 9.53 Å². The molecule has 2 heterocycles. The van der Waals surface area contributed by atoms with Gasteiger partial charge in [0.15, 0.2) is 5.96 Å². The van der Waals surface area contributed by atoms with Crippen molar-refractivity contribution >= 4 is 11.9 Å². The van der Waals surface area contributed by atoms with Crippen molar-refractivity contribution in [1.82, 2.24) is 20.4 Å². The summed E-state index contributed by atoms with van der Waals surface area (Å²) in [5, 5.41) is 6.89. The van der Waals surface area contributed by atoms with Gasteiger partial charge in [-0.3, -0.25) is 4.79 Å². The van der Waals surface area contributed by atoms with Crippen molar-refractivity contribution in [3.8, 4) is 0 Å². The van der Waals surface area contributed by atoms with E-state index in [1.54, 1.807) is 19.0 Å². The number of guanidine groups is 1. The Morgan fingerprint density at radius 1 is 1.28 bits per heavy atom. The summed E-state index contributed by atoms with van der Waals surface area (Å²) in [7, 11) is 3.52. The first-order valence-electron chi connectivity index (χ1n) is 9.67. The van der Waals surface area contributed by atoms with E-state index in [9.17, 15) is 4.79 Å². The molecule has 0 radical (unpaired) electrons. The van der Waals surface area contributed by atoms with Crippen LogP contribution in [0.15, 0.2) is 4.99 Å². The number of likely N-dealkylation sites (N-methyl/N-ethyl adjacent to an activating group) is 1. The van der Waals surface area contributed by atoms with Crippen molar-refractivity contribution in [2.24, 2.45) is 4.99 Å². The van der Waals surface area contributed by atoms with Crippen LogP contribution in [0.3, 0.4) is 0 Å². The molecule has 0 saturated carbocycles. The minimum Gasteiger partial charge on any atom is -0.376 e. The molecule has 0 bridgehead atoms. The SMILES string of the molecule is CCCN1CCC(NC(=NCC(=O)N(C)C)NCC2CCCO2)CC1. The van der Waals surface area contributed by atoms with E-state index in [0.29, 0.717) is 6.04 Å². The van der Waals surface area contributed by atoms with Gasteiger partial charge in [0.2, 0.25) is 5.91 Å². The molecule has 2 fully saturated rings. The van der Waals surface area contributed by atoms with Gasteiger partial charge in [0.1, 0.15) is 6.54 Å². The second-order valence-corrected chi connectivity index (χ2v) is 7.23. The molecule has 144 valence electrons. The van der Waals surface area contributed by atoms with Crippen molar-refractivity contribution in [1.29, 1.82) is 0 Å². The predicted octanol–water partition coefficient (Wildman–Crippen LogP) is 0.663. The molecule has 2 saturated heterocycles. The Balaban J connectivity index is 1.84. The van der Waals surface area contributed by atoms with Crippen LogP contribution < -0.4 is 10.6 Å². The summed E-state index contributed by atoms with van der Waals surface area (Å²) >= 11 is 0. The van der Waals surface area contributed by atoms with E-state index in [2.05, 4.69) is 27.4 Å². The van der Waals surface area contributed by atoms with Gasteiger partial charge < -0.3 is 25.2 Å². The lowest BCUT2D eigenvalue weighted by Gasteiger charge is -2.33. The Morgan fingerprint density at radius 2 is 2.04 bits per heavy atom. The summed E-state index contributed by atoms with van der Waals surface area (Å²) in [6.45, 7) is 7.43. The molecule has 0 spiro atoms. The number of nitrogens with one attached hydrogen (secondary N) is 2. The zero-order chi connectivity index (χ0) is 18.1. The minimum absolute atomic E-state index is 0.0102. The lowest BCUT2D eigenvalue weighted by atomic mass is 10.1. The second kappa shape index (κ2) is 10.6. The highest BCUT2D eigenvalue weighted by molar-refractivity contribution is 5.84. The highest BCUT2D eigenvalue weighted by Crippen LogP contribution is 2.12. The average Bonchev–Trinajstić information content (AvgIpc) is 3.12. The van der Waals surface area contributed by atoms with Crippen LogP contribution in [0.4, 0.5) is 0 Å². The Hall–Kier alpha value is -1.34. The van der Waals surface area contributed by atoms with Crippen molar-refractivity contribution < 1.29 is 9.53 Å². The predicted molar refractivity (Wildman–Crippen MR) is 101 cm³/mol. The number of hydrogen-bond acceptors (Lipinski definition) is 4. The van der Waals surface area contributed by atoms with Crippen LogP contribution in [0.1, 0.15) is 39.0 Å². The highest BCUT2D eigenvalue weighted by atomic mass is 16.5. The summed E-state index contributed by atoms with van der Waals surface area (Å²) < 4.78 is 5.67. The number of carbonyl (C=O) groups is 1. The van der Waals surface area contributed by atoms with E-state index < -0.39 is 0 Å². The number of aliphatic imine (C=N–C) groups is 1. The van der Waals surface area contributed by atoms with E-state index in [0.717, 1.165) is 57.9 Å². The third-order valence-electron chi connectivity index (χ3n) is 4.86. The van der Waals surface area contributed by atoms with Gasteiger partial charge in [0.05, 0.1) is 6.10 Å². The first-order valence-corrected chi connectivity index (χ1v) is 9.67. The average molecular weight is 354 g/mol. The third kappa shape index (κ3) is 7.20. The van der Waals surface area contributed by atoms with Crippen molar-refractivity contribution in [3.05, 3.63) is 0 Å². The molecule has 2 aliphatic heterocycles. The van der Waals surface area contributed by atoms with E-state index in [1.807, 2.05) is 0 Å². The maximum absolute atomic E-state index is 11.8. The lowest BCUT2D eigenvalue weighted by Crippen LogP contribution is -2.50. The molecular weight excluding hydrogens is 318 g/mol. The Morgan fingerprint density at radius 3 is 2.64 bits per heavy atom. The zero-order valence-electron chi connectivity index (χ0n) is 16.1. The van der Waals surface area contributed by atoms with Gasteiger partial charge in [0, 0.05) is 46.4 Å². The lowest BCUT2D eigenvalue weighted by molar-refractivity contribution is -0.127. The fourth-order valence-corrected chi connectivity index (χ4v) is 3.27. The molecule has 2 N–H and O–H groups in total. The van der Waals surface area contributed by atoms with Gasteiger partial charge in [-0.1, -0.05) is 6.92 Å². The zero-order valence-corrected chi connectivity index (χ0v) is 16.1. The Bertz CT molecular complexity index is 427. The van der Waals surface area contributed by atoms with Gasteiger partial charge in [-0.2, -0.15) is 0 Å². The summed E-state index contributed by atoms with van der Waals surface area (Å²) in [5.74, 6) is 0.746. The summed E-state index contributed by atoms with van der Waals surface area (Å²) in [4.78, 5) is 20.4. The second-order valence-electron chi connectivity index (χ2n) is 7.23. The van der Waals surface area contributed by atoms with E-state index in [-0.39, 0.29) is 18.6 Å². The number of hydrogen-bond donors (Lipinski definition) is 2. The number of rotatable bonds is 7. The highest BCUT2D eigenvalue weighted by Gasteiger charge is 2.21. The normalized spacial score (nSPS) is 22.8. The summed E-state index contributed by atoms with van der Waals surface area (Å²) in [6, 6.07) is 0.415. The molecule has 1 atom stereocenters. The van der Waals surface area contributed by atoms with Crippen molar-refractivity contribution in [3.63, 3.8) is 0 Å². The Labute approximate surface area is 152 Å². The summed E-state index contributed by atoms with van der Waals surface area (Å²) in [6.07, 6.45) is 5.90. The van der Waals surface area contributed by atoms with Gasteiger partial charge in [0.25, 0.3) is 0 Å². The van der Waals surface area contributed by atoms with Gasteiger partial charge in [-0.25, -0.2) is 4.99 Å². The fraction of sp³-hybridized carbons (Fsp3) is 0.889. The molecule has 2 rings (SSSR count). The van der Waals surface area contributed by atoms with Gasteiger partial charge >= 0.3 is 0 Å². The quantitative estimate of drug-likeness (QED) is 0.520. The molecule has 2 aliphatic rings. The number of carbonyl (C=O) groups excluding carboxylic acids is 1. The van der Waals surface area contributed by atoms with E-state index in [1.165, 1.54) is 13.0 Å². The van der Waals surface area contributed by atoms with E-state index in [4.69, 9.17) is 4.74 Å². The number of nitrogens with zero attached hydrogens (tertiary/aromatic N) is 3. The minimum atomic E-state index is 0.0102. The molecule has 7 nitrogen and oxygen atoms in total. The topological polar surface area (TPSA) is 69.2 Å². The largest absolute Gasteiger partial charge is 0.376 e. The van der Waals surface area contributed by atoms with Gasteiger partial charge in [-0.15, -0.1) is 0 Å². The molecule has 1 unspecified atom stereocenters. The monoisotopic (exact) mass is 353 g/mol. The molecule has 25 heavy (non-hydrogen) atoms. The molecule has 0 aliphatic carbocycles. The number of piperidine rings is 1. The summed E-state index contributed by atoms with van der Waals surface area (Å²) in [5.41, 5.74) is 0. The fourth-order valence-electron chi connectivity index (χ4n) is 3.27. The van der Waals surface area contributed by atoms with Crippen LogP contribution >= 0.6 is 0 Å². The molecular formula is C18H35N5O2. The Kier molecular flexibility index (Phi) is 8.48. The van der Waals surface area contributed by atoms with Crippen LogP contribution in [0.25, 0.3) is 0 Å². The third-order valence-corrected chi connectivity index (χ3v) is 4.86. The van der Waals surface area contributed by atoms with Crippen LogP contribution in [0.5, 0.6) is 0 Å². The van der Waals surface area contributed by atoms with Crippen LogP contribution in [-0.4, -0.2) is 87.2 Å². The smallest absolute Gasteiger partial charge is 0.243 e. The number of likely N-dealkylation sites (tertiary alicyclic amines) is 1. The standard InChI is InChI=1S/C18H35N5O2/c1-4-9-23-10-7-15(8-11-23)21-18(20-14-17(24)22(2)3)19-13-16-6-5-12-25-16/h15-16H,4-14H2,1-3H3,(H2,19,20,21). The first kappa shape index (κ1) is 20.0. The first-order chi connectivity index (χ1) is 12.1. The molecule has 1 amide bonds. The number of ether oxygens (including phenoxy) is 1. The van der Waals surface area contributed by atoms with Crippen molar-refractivity contribution in [2.75, 3.05) is 53.4 Å².